The monoisotopic (exact) mass is 245 g/mol. The van der Waals surface area contributed by atoms with Gasteiger partial charge in [0.1, 0.15) is 5.84 Å². The highest BCUT2D eigenvalue weighted by atomic mass is 16.4. The molecule has 0 bridgehead atoms. The zero-order valence-electron chi connectivity index (χ0n) is 11.8. The summed E-state index contributed by atoms with van der Waals surface area (Å²) in [5.74, 6) is 0.223. The summed E-state index contributed by atoms with van der Waals surface area (Å²) in [5.41, 5.74) is 4.04. The molecular weight excluding hydrogens is 218 g/mol. The highest BCUT2D eigenvalue weighted by Crippen LogP contribution is 2.23. The van der Waals surface area contributed by atoms with Crippen LogP contribution in [0.1, 0.15) is 48.0 Å². The number of hydrogen-bond donors (Lipinski definition) is 4. The molecule has 0 aliphatic rings. The molecule has 0 aromatic carbocycles. The van der Waals surface area contributed by atoms with Crippen molar-refractivity contribution in [2.24, 2.45) is 16.3 Å². The van der Waals surface area contributed by atoms with Crippen molar-refractivity contribution in [2.75, 3.05) is 6.54 Å². The minimum Gasteiger partial charge on any atom is -0.409 e. The average Bonchev–Trinajstić information content (AvgIpc) is 2.13. The van der Waals surface area contributed by atoms with E-state index >= 15 is 0 Å². The van der Waals surface area contributed by atoms with Gasteiger partial charge in [-0.2, -0.15) is 0 Å². The van der Waals surface area contributed by atoms with Gasteiger partial charge >= 0.3 is 0 Å². The van der Waals surface area contributed by atoms with Crippen LogP contribution in [-0.4, -0.2) is 33.8 Å². The Bertz CT molecular complexity index is 278. The molecule has 0 aromatic rings. The van der Waals surface area contributed by atoms with Gasteiger partial charge in [-0.3, -0.25) is 0 Å². The summed E-state index contributed by atoms with van der Waals surface area (Å²) in [7, 11) is 0. The standard InChI is InChI=1S/C12H27N3O2/c1-10(2,9(13)15-17)7-8-14-11(3,4)12(5,6)16/h14,16-17H,7-8H2,1-6H3,(H2,13,15). The van der Waals surface area contributed by atoms with Crippen molar-refractivity contribution < 1.29 is 10.3 Å². The second kappa shape index (κ2) is 5.23. The number of rotatable bonds is 6. The quantitative estimate of drug-likeness (QED) is 0.246. The lowest BCUT2D eigenvalue weighted by Crippen LogP contribution is -2.56. The Labute approximate surface area is 104 Å². The zero-order valence-corrected chi connectivity index (χ0v) is 11.8. The van der Waals surface area contributed by atoms with Crippen molar-refractivity contribution in [3.63, 3.8) is 0 Å². The number of hydrogen-bond acceptors (Lipinski definition) is 4. The third kappa shape index (κ3) is 4.52. The maximum Gasteiger partial charge on any atom is 0.144 e. The van der Waals surface area contributed by atoms with Crippen molar-refractivity contribution in [2.45, 2.75) is 59.1 Å². The molecule has 0 fully saturated rings. The van der Waals surface area contributed by atoms with Crippen molar-refractivity contribution in [3.05, 3.63) is 0 Å². The highest BCUT2D eigenvalue weighted by Gasteiger charge is 2.35. The van der Waals surface area contributed by atoms with E-state index in [1.54, 1.807) is 13.8 Å². The Morgan fingerprint density at radius 3 is 2.00 bits per heavy atom. The van der Waals surface area contributed by atoms with Gasteiger partial charge < -0.3 is 21.4 Å². The first kappa shape index (κ1) is 16.2. The summed E-state index contributed by atoms with van der Waals surface area (Å²) < 4.78 is 0. The molecule has 0 aliphatic carbocycles. The highest BCUT2D eigenvalue weighted by molar-refractivity contribution is 5.85. The molecule has 17 heavy (non-hydrogen) atoms. The smallest absolute Gasteiger partial charge is 0.144 e. The van der Waals surface area contributed by atoms with E-state index in [0.717, 1.165) is 6.42 Å². The lowest BCUT2D eigenvalue weighted by Gasteiger charge is -2.39. The molecule has 5 N–H and O–H groups in total. The second-order valence-corrected chi connectivity index (χ2v) is 6.23. The third-order valence-corrected chi connectivity index (χ3v) is 3.65. The van der Waals surface area contributed by atoms with E-state index in [-0.39, 0.29) is 11.3 Å². The number of aliphatic hydroxyl groups is 1. The minimum absolute atomic E-state index is 0.223. The molecule has 0 saturated heterocycles. The predicted octanol–water partition coefficient (Wildman–Crippen LogP) is 1.29. The molecule has 0 aromatic heterocycles. The van der Waals surface area contributed by atoms with Crippen LogP contribution in [0.4, 0.5) is 0 Å². The van der Waals surface area contributed by atoms with Crippen molar-refractivity contribution in [1.82, 2.24) is 5.32 Å². The van der Waals surface area contributed by atoms with Crippen molar-refractivity contribution in [1.29, 1.82) is 0 Å². The minimum atomic E-state index is -0.812. The summed E-state index contributed by atoms with van der Waals surface area (Å²) in [4.78, 5) is 0. The Balaban J connectivity index is 4.35. The molecule has 0 heterocycles. The number of nitrogens with two attached hydrogens (primary N) is 1. The number of nitrogens with one attached hydrogen (secondary N) is 1. The maximum atomic E-state index is 9.98. The van der Waals surface area contributed by atoms with Crippen LogP contribution in [0, 0.1) is 5.41 Å². The Hall–Kier alpha value is -0.810. The molecule has 0 amide bonds. The molecule has 0 aliphatic heterocycles. The first-order chi connectivity index (χ1) is 7.44. The molecule has 0 spiro atoms. The average molecular weight is 245 g/mol. The van der Waals surface area contributed by atoms with Crippen LogP contribution in [-0.2, 0) is 0 Å². The van der Waals surface area contributed by atoms with Crippen LogP contribution in [0.3, 0.4) is 0 Å². The summed E-state index contributed by atoms with van der Waals surface area (Å²) in [6, 6.07) is 0. The summed E-state index contributed by atoms with van der Waals surface area (Å²) >= 11 is 0. The van der Waals surface area contributed by atoms with E-state index in [2.05, 4.69) is 10.5 Å². The normalized spacial score (nSPS) is 15.1. The van der Waals surface area contributed by atoms with E-state index in [1.165, 1.54) is 0 Å². The first-order valence-electron chi connectivity index (χ1n) is 5.89. The van der Waals surface area contributed by atoms with Crippen LogP contribution < -0.4 is 11.1 Å². The number of nitrogens with zero attached hydrogens (tertiary/aromatic N) is 1. The van der Waals surface area contributed by atoms with Gasteiger partial charge in [0.2, 0.25) is 0 Å². The molecule has 102 valence electrons. The molecule has 0 saturated carbocycles. The van der Waals surface area contributed by atoms with Crippen LogP contribution in [0.5, 0.6) is 0 Å². The molecule has 0 unspecified atom stereocenters. The SMILES string of the molecule is CC(C)(CCNC(C)(C)C(C)(C)O)C(N)=NO. The Morgan fingerprint density at radius 2 is 1.65 bits per heavy atom. The molecule has 0 radical (unpaired) electrons. The summed E-state index contributed by atoms with van der Waals surface area (Å²) in [5, 5.41) is 25.0. The largest absolute Gasteiger partial charge is 0.409 e. The summed E-state index contributed by atoms with van der Waals surface area (Å²) in [6.45, 7) is 12.0. The van der Waals surface area contributed by atoms with Gasteiger partial charge in [0.15, 0.2) is 0 Å². The van der Waals surface area contributed by atoms with E-state index in [1.807, 2.05) is 27.7 Å². The number of amidine groups is 1. The van der Waals surface area contributed by atoms with Crippen LogP contribution in [0.15, 0.2) is 5.16 Å². The number of oxime groups is 1. The Kier molecular flexibility index (Phi) is 4.98. The molecule has 5 nitrogen and oxygen atoms in total. The molecule has 5 heteroatoms. The molecular formula is C12H27N3O2. The van der Waals surface area contributed by atoms with Crippen LogP contribution in [0.25, 0.3) is 0 Å². The van der Waals surface area contributed by atoms with Crippen molar-refractivity contribution >= 4 is 5.84 Å². The Morgan fingerprint density at radius 1 is 1.18 bits per heavy atom. The van der Waals surface area contributed by atoms with E-state index in [9.17, 15) is 5.11 Å². The van der Waals surface area contributed by atoms with Gasteiger partial charge in [-0.25, -0.2) is 0 Å². The second-order valence-electron chi connectivity index (χ2n) is 6.23. The van der Waals surface area contributed by atoms with E-state index < -0.39 is 11.1 Å². The molecule has 0 rings (SSSR count). The van der Waals surface area contributed by atoms with Gasteiger partial charge in [0, 0.05) is 11.0 Å². The van der Waals surface area contributed by atoms with E-state index in [0.29, 0.717) is 6.54 Å². The third-order valence-electron chi connectivity index (χ3n) is 3.65. The van der Waals surface area contributed by atoms with Gasteiger partial charge in [0.05, 0.1) is 5.60 Å². The fraction of sp³-hybridized carbons (Fsp3) is 0.917. The maximum absolute atomic E-state index is 9.98. The van der Waals surface area contributed by atoms with Gasteiger partial charge in [0.25, 0.3) is 0 Å². The molecule has 0 atom stereocenters. The van der Waals surface area contributed by atoms with Crippen LogP contribution >= 0.6 is 0 Å². The predicted molar refractivity (Wildman–Crippen MR) is 70.2 cm³/mol. The van der Waals surface area contributed by atoms with E-state index in [4.69, 9.17) is 10.9 Å². The zero-order chi connectivity index (χ0) is 13.9. The fourth-order valence-corrected chi connectivity index (χ4v) is 1.17. The topological polar surface area (TPSA) is 90.9 Å². The lowest BCUT2D eigenvalue weighted by molar-refractivity contribution is -0.00501. The summed E-state index contributed by atoms with van der Waals surface area (Å²) in [6.07, 6.45) is 0.725. The van der Waals surface area contributed by atoms with Gasteiger partial charge in [-0.1, -0.05) is 19.0 Å². The van der Waals surface area contributed by atoms with Gasteiger partial charge in [-0.05, 0) is 40.7 Å². The van der Waals surface area contributed by atoms with Crippen molar-refractivity contribution in [3.8, 4) is 0 Å². The van der Waals surface area contributed by atoms with Crippen LogP contribution in [0.2, 0.25) is 0 Å². The fourth-order valence-electron chi connectivity index (χ4n) is 1.17. The lowest BCUT2D eigenvalue weighted by atomic mass is 9.84. The first-order valence-corrected chi connectivity index (χ1v) is 5.89. The van der Waals surface area contributed by atoms with Gasteiger partial charge in [-0.15, -0.1) is 0 Å².